The average Bonchev–Trinajstić information content (AvgIpc) is 3.19. The number of carbonyl (C=O) groups is 2. The summed E-state index contributed by atoms with van der Waals surface area (Å²) in [6.45, 7) is 5.33. The molecule has 2 aromatic carbocycles. The fraction of sp³-hybridized carbons (Fsp3) is 0.167. The van der Waals surface area contributed by atoms with E-state index in [2.05, 4.69) is 9.97 Å². The number of amides is 1. The van der Waals surface area contributed by atoms with Crippen LogP contribution in [0, 0.1) is 13.8 Å². The summed E-state index contributed by atoms with van der Waals surface area (Å²) in [6, 6.07) is 16.9. The van der Waals surface area contributed by atoms with Crippen LogP contribution in [-0.4, -0.2) is 21.8 Å². The zero-order valence-electron chi connectivity index (χ0n) is 17.5. The van der Waals surface area contributed by atoms with Crippen molar-refractivity contribution in [2.75, 3.05) is 4.90 Å². The summed E-state index contributed by atoms with van der Waals surface area (Å²) in [7, 11) is 0. The van der Waals surface area contributed by atoms with Crippen molar-refractivity contribution in [2.45, 2.75) is 27.4 Å². The largest absolute Gasteiger partial charge is 0.456 e. The van der Waals surface area contributed by atoms with Gasteiger partial charge in [0.2, 0.25) is 5.91 Å². The minimum atomic E-state index is -0.432. The molecular formula is C24H21N3O3S. The molecule has 0 saturated carbocycles. The van der Waals surface area contributed by atoms with Gasteiger partial charge in [-0.15, -0.1) is 11.3 Å². The van der Waals surface area contributed by atoms with Gasteiger partial charge in [-0.25, -0.2) is 9.78 Å². The van der Waals surface area contributed by atoms with Crippen LogP contribution in [0.3, 0.4) is 0 Å². The maximum atomic E-state index is 12.8. The van der Waals surface area contributed by atoms with E-state index in [9.17, 15) is 9.59 Å². The summed E-state index contributed by atoms with van der Waals surface area (Å²) >= 11 is 1.33. The van der Waals surface area contributed by atoms with Crippen LogP contribution >= 0.6 is 11.3 Å². The van der Waals surface area contributed by atoms with Gasteiger partial charge < -0.3 is 4.74 Å². The molecule has 0 spiro atoms. The number of anilines is 2. The molecule has 0 aliphatic carbocycles. The minimum Gasteiger partial charge on any atom is -0.456 e. The van der Waals surface area contributed by atoms with Gasteiger partial charge in [-0.2, -0.15) is 0 Å². The van der Waals surface area contributed by atoms with Crippen LogP contribution < -0.4 is 4.90 Å². The number of hydrogen-bond donors (Lipinski definition) is 0. The first-order valence-electron chi connectivity index (χ1n) is 9.77. The van der Waals surface area contributed by atoms with Crippen molar-refractivity contribution in [3.8, 4) is 0 Å². The predicted molar refractivity (Wildman–Crippen MR) is 122 cm³/mol. The molecule has 1 amide bonds. The van der Waals surface area contributed by atoms with Crippen LogP contribution in [0.15, 0.2) is 60.0 Å². The Kier molecular flexibility index (Phi) is 5.77. The lowest BCUT2D eigenvalue weighted by molar-refractivity contribution is -0.115. The number of fused-ring (bicyclic) bond motifs is 1. The fourth-order valence-electron chi connectivity index (χ4n) is 3.35. The molecule has 4 rings (SSSR count). The zero-order chi connectivity index (χ0) is 22.0. The molecular weight excluding hydrogens is 410 g/mol. The van der Waals surface area contributed by atoms with Crippen molar-refractivity contribution in [3.63, 3.8) is 0 Å². The summed E-state index contributed by atoms with van der Waals surface area (Å²) < 4.78 is 5.53. The van der Waals surface area contributed by atoms with Gasteiger partial charge in [0.15, 0.2) is 5.13 Å². The third kappa shape index (κ3) is 4.46. The Bertz CT molecular complexity index is 1280. The van der Waals surface area contributed by atoms with E-state index in [1.54, 1.807) is 16.3 Å². The second-order valence-corrected chi connectivity index (χ2v) is 8.06. The van der Waals surface area contributed by atoms with Crippen molar-refractivity contribution in [1.29, 1.82) is 0 Å². The number of rotatable bonds is 5. The highest BCUT2D eigenvalue weighted by atomic mass is 32.1. The molecule has 7 heteroatoms. The average molecular weight is 432 g/mol. The topological polar surface area (TPSA) is 72.4 Å². The number of thiazole rings is 1. The number of ether oxygens (including phenoxy) is 1. The van der Waals surface area contributed by atoms with Gasteiger partial charge in [-0.1, -0.05) is 30.3 Å². The standard InChI is InChI=1S/C24H21N3O3S/c1-15-7-6-8-19(11-15)27(17(3)28)24-26-18(14-31-24)13-30-23(29)21-12-16(2)25-22-10-5-4-9-20(21)22/h4-12,14H,13H2,1-3H3. The number of benzene rings is 2. The van der Waals surface area contributed by atoms with Gasteiger partial charge in [0.25, 0.3) is 0 Å². The summed E-state index contributed by atoms with van der Waals surface area (Å²) in [6.07, 6.45) is 0. The van der Waals surface area contributed by atoms with Crippen LogP contribution in [0.2, 0.25) is 0 Å². The molecule has 31 heavy (non-hydrogen) atoms. The van der Waals surface area contributed by atoms with Gasteiger partial charge >= 0.3 is 5.97 Å². The number of hydrogen-bond acceptors (Lipinski definition) is 6. The molecule has 6 nitrogen and oxygen atoms in total. The van der Waals surface area contributed by atoms with Crippen molar-refractivity contribution in [2.24, 2.45) is 0 Å². The Morgan fingerprint density at radius 2 is 1.84 bits per heavy atom. The van der Waals surface area contributed by atoms with Gasteiger partial charge in [0.05, 0.1) is 22.5 Å². The monoisotopic (exact) mass is 431 g/mol. The molecule has 0 unspecified atom stereocenters. The molecule has 0 fully saturated rings. The van der Waals surface area contributed by atoms with Crippen LogP contribution in [-0.2, 0) is 16.1 Å². The molecule has 0 radical (unpaired) electrons. The van der Waals surface area contributed by atoms with E-state index in [4.69, 9.17) is 4.74 Å². The Labute approximate surface area is 184 Å². The number of esters is 1. The molecule has 0 bridgehead atoms. The molecule has 0 N–H and O–H groups in total. The highest BCUT2D eigenvalue weighted by Gasteiger charge is 2.19. The summed E-state index contributed by atoms with van der Waals surface area (Å²) in [5.74, 6) is -0.569. The number of para-hydroxylation sites is 1. The fourth-order valence-corrected chi connectivity index (χ4v) is 4.22. The third-order valence-electron chi connectivity index (χ3n) is 4.72. The van der Waals surface area contributed by atoms with E-state index in [1.165, 1.54) is 18.3 Å². The van der Waals surface area contributed by atoms with Crippen LogP contribution in [0.4, 0.5) is 10.8 Å². The SMILES string of the molecule is CC(=O)N(c1cccc(C)c1)c1nc(COC(=O)c2cc(C)nc3ccccc23)cs1. The van der Waals surface area contributed by atoms with E-state index in [-0.39, 0.29) is 12.5 Å². The predicted octanol–water partition coefficient (Wildman–Crippen LogP) is 5.35. The van der Waals surface area contributed by atoms with Crippen molar-refractivity contribution in [1.82, 2.24) is 9.97 Å². The summed E-state index contributed by atoms with van der Waals surface area (Å²) in [5, 5.41) is 3.08. The van der Waals surface area contributed by atoms with E-state index in [0.29, 0.717) is 16.4 Å². The zero-order valence-corrected chi connectivity index (χ0v) is 18.3. The number of nitrogens with zero attached hydrogens (tertiary/aromatic N) is 3. The van der Waals surface area contributed by atoms with Crippen LogP contribution in [0.5, 0.6) is 0 Å². The molecule has 2 aromatic heterocycles. The van der Waals surface area contributed by atoms with Gasteiger partial charge in [-0.3, -0.25) is 14.7 Å². The highest BCUT2D eigenvalue weighted by molar-refractivity contribution is 7.14. The second kappa shape index (κ2) is 8.65. The maximum Gasteiger partial charge on any atom is 0.339 e. The van der Waals surface area contributed by atoms with E-state index in [0.717, 1.165) is 27.8 Å². The van der Waals surface area contributed by atoms with E-state index < -0.39 is 5.97 Å². The number of pyridine rings is 1. The van der Waals surface area contributed by atoms with E-state index >= 15 is 0 Å². The lowest BCUT2D eigenvalue weighted by atomic mass is 10.1. The Morgan fingerprint density at radius 1 is 1.03 bits per heavy atom. The first-order chi connectivity index (χ1) is 14.9. The Hall–Kier alpha value is -3.58. The van der Waals surface area contributed by atoms with Crippen LogP contribution in [0.1, 0.15) is 34.2 Å². The molecule has 0 saturated heterocycles. The smallest absolute Gasteiger partial charge is 0.339 e. The number of aromatic nitrogens is 2. The van der Waals surface area contributed by atoms with Gasteiger partial charge in [0.1, 0.15) is 6.61 Å². The number of aryl methyl sites for hydroxylation is 2. The van der Waals surface area contributed by atoms with Gasteiger partial charge in [-0.05, 0) is 43.7 Å². The van der Waals surface area contributed by atoms with E-state index in [1.807, 2.05) is 62.4 Å². The molecule has 156 valence electrons. The minimum absolute atomic E-state index is 0.0184. The first kappa shape index (κ1) is 20.7. The highest BCUT2D eigenvalue weighted by Crippen LogP contribution is 2.30. The third-order valence-corrected chi connectivity index (χ3v) is 5.60. The molecule has 2 heterocycles. The maximum absolute atomic E-state index is 12.8. The quantitative estimate of drug-likeness (QED) is 0.398. The second-order valence-electron chi connectivity index (χ2n) is 7.22. The molecule has 0 aliphatic rings. The molecule has 4 aromatic rings. The summed E-state index contributed by atoms with van der Waals surface area (Å²) in [4.78, 5) is 35.6. The summed E-state index contributed by atoms with van der Waals surface area (Å²) in [5.41, 5.74) is 4.36. The number of carbonyl (C=O) groups excluding carboxylic acids is 2. The molecule has 0 atom stereocenters. The lowest BCUT2D eigenvalue weighted by Gasteiger charge is -2.18. The van der Waals surface area contributed by atoms with Crippen molar-refractivity contribution >= 4 is 44.9 Å². The first-order valence-corrected chi connectivity index (χ1v) is 10.7. The van der Waals surface area contributed by atoms with Crippen molar-refractivity contribution < 1.29 is 14.3 Å². The Morgan fingerprint density at radius 3 is 2.61 bits per heavy atom. The van der Waals surface area contributed by atoms with Crippen LogP contribution in [0.25, 0.3) is 10.9 Å². The normalized spacial score (nSPS) is 10.8. The lowest BCUT2D eigenvalue weighted by Crippen LogP contribution is -2.22. The van der Waals surface area contributed by atoms with Gasteiger partial charge in [0, 0.05) is 23.4 Å². The van der Waals surface area contributed by atoms with Crippen molar-refractivity contribution in [3.05, 3.63) is 82.5 Å². The Balaban J connectivity index is 1.53. The molecule has 0 aliphatic heterocycles.